The van der Waals surface area contributed by atoms with Gasteiger partial charge in [0.2, 0.25) is 11.9 Å². The summed E-state index contributed by atoms with van der Waals surface area (Å²) in [6.45, 7) is 0.198. The van der Waals surface area contributed by atoms with Crippen LogP contribution in [-0.2, 0) is 0 Å². The Balaban J connectivity index is 1.91. The van der Waals surface area contributed by atoms with Gasteiger partial charge < -0.3 is 9.47 Å². The molecule has 0 saturated heterocycles. The Hall–Kier alpha value is -2.74. The van der Waals surface area contributed by atoms with E-state index in [1.807, 2.05) is 11.4 Å². The molecule has 0 atom stereocenters. The quantitative estimate of drug-likeness (QED) is 0.688. The third kappa shape index (κ3) is 1.88. The van der Waals surface area contributed by atoms with Gasteiger partial charge in [0.15, 0.2) is 23.5 Å². The molecule has 0 saturated carbocycles. The van der Waals surface area contributed by atoms with Crippen molar-refractivity contribution in [3.8, 4) is 27.9 Å². The molecule has 3 heterocycles. The SMILES string of the molecule is O=Cc1nnn(-c2nccs2)c1-c1ccc2c(c1)OCO2. The molecule has 1 aromatic carbocycles. The summed E-state index contributed by atoms with van der Waals surface area (Å²) in [7, 11) is 0. The van der Waals surface area contributed by atoms with E-state index in [1.165, 1.54) is 11.3 Å². The van der Waals surface area contributed by atoms with E-state index in [-0.39, 0.29) is 12.5 Å². The summed E-state index contributed by atoms with van der Waals surface area (Å²) >= 11 is 1.41. The number of carbonyl (C=O) groups excluding carboxylic acids is 1. The lowest BCUT2D eigenvalue weighted by Crippen LogP contribution is -1.99. The standard InChI is InChI=1S/C13H8N4O3S/c18-6-9-12(17(16-15-9)13-14-3-4-21-13)8-1-2-10-11(5-8)20-7-19-10/h1-6H,7H2. The van der Waals surface area contributed by atoms with Crippen LogP contribution < -0.4 is 9.47 Å². The van der Waals surface area contributed by atoms with Crippen molar-refractivity contribution in [1.82, 2.24) is 20.0 Å². The predicted octanol–water partition coefficient (Wildman–Crippen LogP) is 1.93. The highest BCUT2D eigenvalue weighted by Gasteiger charge is 2.20. The van der Waals surface area contributed by atoms with Gasteiger partial charge >= 0.3 is 0 Å². The van der Waals surface area contributed by atoms with Gasteiger partial charge in [-0.15, -0.1) is 16.4 Å². The van der Waals surface area contributed by atoms with Gasteiger partial charge in [-0.3, -0.25) is 4.79 Å². The van der Waals surface area contributed by atoms with E-state index in [2.05, 4.69) is 15.3 Å². The molecule has 0 spiro atoms. The Morgan fingerprint density at radius 2 is 2.19 bits per heavy atom. The molecular formula is C13H8N4O3S. The van der Waals surface area contributed by atoms with Crippen LogP contribution in [0.15, 0.2) is 29.8 Å². The van der Waals surface area contributed by atoms with Crippen LogP contribution in [0.1, 0.15) is 10.5 Å². The Kier molecular flexibility index (Phi) is 2.68. The number of ether oxygens (including phenoxy) is 2. The van der Waals surface area contributed by atoms with Gasteiger partial charge in [-0.2, -0.15) is 4.68 Å². The smallest absolute Gasteiger partial charge is 0.231 e. The molecule has 0 radical (unpaired) electrons. The fourth-order valence-corrected chi connectivity index (χ4v) is 2.73. The maximum atomic E-state index is 11.2. The molecule has 0 bridgehead atoms. The molecule has 0 aliphatic carbocycles. The molecule has 4 rings (SSSR count). The Labute approximate surface area is 122 Å². The number of aldehydes is 1. The second-order valence-electron chi connectivity index (χ2n) is 4.24. The summed E-state index contributed by atoms with van der Waals surface area (Å²) in [6.07, 6.45) is 2.35. The maximum absolute atomic E-state index is 11.2. The molecule has 3 aromatic rings. The molecule has 7 nitrogen and oxygen atoms in total. The summed E-state index contributed by atoms with van der Waals surface area (Å²) in [5.74, 6) is 1.32. The molecule has 0 unspecified atom stereocenters. The van der Waals surface area contributed by atoms with Gasteiger partial charge in [0, 0.05) is 17.1 Å². The monoisotopic (exact) mass is 300 g/mol. The van der Waals surface area contributed by atoms with Crippen LogP contribution in [0.2, 0.25) is 0 Å². The van der Waals surface area contributed by atoms with E-state index in [4.69, 9.17) is 9.47 Å². The number of hydrogen-bond donors (Lipinski definition) is 0. The first-order valence-corrected chi connectivity index (χ1v) is 6.95. The zero-order valence-corrected chi connectivity index (χ0v) is 11.4. The van der Waals surface area contributed by atoms with Crippen LogP contribution in [0.5, 0.6) is 11.5 Å². The molecule has 1 aliphatic heterocycles. The first-order chi connectivity index (χ1) is 10.4. The fraction of sp³-hybridized carbons (Fsp3) is 0.0769. The number of rotatable bonds is 3. The second-order valence-corrected chi connectivity index (χ2v) is 5.11. The third-order valence-electron chi connectivity index (χ3n) is 3.05. The second kappa shape index (κ2) is 4.67. The molecule has 1 aliphatic rings. The summed E-state index contributed by atoms with van der Waals surface area (Å²) in [4.78, 5) is 15.4. The highest BCUT2D eigenvalue weighted by molar-refractivity contribution is 7.12. The summed E-state index contributed by atoms with van der Waals surface area (Å²) in [5, 5.41) is 10.4. The molecule has 104 valence electrons. The van der Waals surface area contributed by atoms with Crippen molar-refractivity contribution in [1.29, 1.82) is 0 Å². The maximum Gasteiger partial charge on any atom is 0.231 e. The minimum Gasteiger partial charge on any atom is -0.454 e. The third-order valence-corrected chi connectivity index (χ3v) is 3.80. The number of thiazole rings is 1. The van der Waals surface area contributed by atoms with Crippen molar-refractivity contribution < 1.29 is 14.3 Å². The lowest BCUT2D eigenvalue weighted by atomic mass is 10.1. The highest BCUT2D eigenvalue weighted by atomic mass is 32.1. The van der Waals surface area contributed by atoms with Crippen LogP contribution in [0, 0.1) is 0 Å². The van der Waals surface area contributed by atoms with Crippen molar-refractivity contribution >= 4 is 17.6 Å². The molecule has 0 fully saturated rings. The average Bonchev–Trinajstić information content (AvgIpc) is 3.24. The Bertz CT molecular complexity index is 813. The fourth-order valence-electron chi connectivity index (χ4n) is 2.14. The molecular weight excluding hydrogens is 292 g/mol. The van der Waals surface area contributed by atoms with Crippen LogP contribution in [0.25, 0.3) is 16.4 Å². The highest BCUT2D eigenvalue weighted by Crippen LogP contribution is 2.36. The number of aromatic nitrogens is 4. The van der Waals surface area contributed by atoms with E-state index in [0.717, 1.165) is 5.56 Å². The lowest BCUT2D eigenvalue weighted by molar-refractivity contribution is 0.111. The van der Waals surface area contributed by atoms with E-state index in [9.17, 15) is 4.79 Å². The molecule has 0 amide bonds. The zero-order valence-electron chi connectivity index (χ0n) is 10.6. The van der Waals surface area contributed by atoms with Gasteiger partial charge in [0.05, 0.1) is 0 Å². The van der Waals surface area contributed by atoms with Gasteiger partial charge in [0.25, 0.3) is 0 Å². The topological polar surface area (TPSA) is 79.1 Å². The molecule has 21 heavy (non-hydrogen) atoms. The molecule has 2 aromatic heterocycles. The van der Waals surface area contributed by atoms with Crippen molar-refractivity contribution in [2.75, 3.05) is 6.79 Å². The minimum absolute atomic E-state index is 0.198. The first-order valence-electron chi connectivity index (χ1n) is 6.07. The van der Waals surface area contributed by atoms with Crippen molar-refractivity contribution in [2.45, 2.75) is 0 Å². The Morgan fingerprint density at radius 1 is 1.29 bits per heavy atom. The van der Waals surface area contributed by atoms with Gasteiger partial charge in [-0.25, -0.2) is 4.98 Å². The minimum atomic E-state index is 0.198. The van der Waals surface area contributed by atoms with Crippen LogP contribution in [-0.4, -0.2) is 33.1 Å². The van der Waals surface area contributed by atoms with Crippen molar-refractivity contribution in [2.24, 2.45) is 0 Å². The van der Waals surface area contributed by atoms with Gasteiger partial charge in [-0.05, 0) is 18.2 Å². The summed E-state index contributed by atoms with van der Waals surface area (Å²) in [5.41, 5.74) is 1.60. The summed E-state index contributed by atoms with van der Waals surface area (Å²) in [6, 6.07) is 5.44. The molecule has 8 heteroatoms. The first kappa shape index (κ1) is 12.0. The normalized spacial score (nSPS) is 12.6. The Morgan fingerprint density at radius 3 is 3.00 bits per heavy atom. The number of benzene rings is 1. The van der Waals surface area contributed by atoms with Gasteiger partial charge in [-0.1, -0.05) is 5.21 Å². The van der Waals surface area contributed by atoms with Crippen molar-refractivity contribution in [3.63, 3.8) is 0 Å². The lowest BCUT2D eigenvalue weighted by Gasteiger charge is -2.05. The van der Waals surface area contributed by atoms with Crippen LogP contribution in [0.3, 0.4) is 0 Å². The van der Waals surface area contributed by atoms with Crippen LogP contribution in [0.4, 0.5) is 0 Å². The largest absolute Gasteiger partial charge is 0.454 e. The summed E-state index contributed by atoms with van der Waals surface area (Å²) < 4.78 is 12.2. The van der Waals surface area contributed by atoms with E-state index in [0.29, 0.717) is 28.6 Å². The van der Waals surface area contributed by atoms with E-state index >= 15 is 0 Å². The van der Waals surface area contributed by atoms with Crippen molar-refractivity contribution in [3.05, 3.63) is 35.5 Å². The zero-order chi connectivity index (χ0) is 14.2. The number of nitrogens with zero attached hydrogens (tertiary/aromatic N) is 4. The number of carbonyl (C=O) groups is 1. The van der Waals surface area contributed by atoms with E-state index < -0.39 is 0 Å². The predicted molar refractivity (Wildman–Crippen MR) is 74.0 cm³/mol. The van der Waals surface area contributed by atoms with E-state index in [1.54, 1.807) is 23.0 Å². The number of hydrogen-bond acceptors (Lipinski definition) is 7. The molecule has 0 N–H and O–H groups in total. The van der Waals surface area contributed by atoms with Gasteiger partial charge in [0.1, 0.15) is 5.69 Å². The van der Waals surface area contributed by atoms with Crippen LogP contribution >= 0.6 is 11.3 Å². The average molecular weight is 300 g/mol. The number of fused-ring (bicyclic) bond motifs is 1.